The molecular formula is C15H24N2O. The number of nitrogens with one attached hydrogen (secondary N) is 1. The molecule has 0 aromatic heterocycles. The number of benzene rings is 1. The Labute approximate surface area is 110 Å². The summed E-state index contributed by atoms with van der Waals surface area (Å²) in [4.78, 5) is 2.12. The molecule has 0 aliphatic heterocycles. The van der Waals surface area contributed by atoms with Crippen LogP contribution in [-0.2, 0) is 6.54 Å². The Kier molecular flexibility index (Phi) is 3.93. The smallest absolute Gasteiger partial charge is 0.0658 e. The molecule has 0 radical (unpaired) electrons. The van der Waals surface area contributed by atoms with Gasteiger partial charge in [-0.3, -0.25) is 0 Å². The second-order valence-corrected chi connectivity index (χ2v) is 5.85. The van der Waals surface area contributed by atoms with E-state index in [2.05, 4.69) is 34.5 Å². The van der Waals surface area contributed by atoms with E-state index in [0.717, 1.165) is 18.3 Å². The minimum atomic E-state index is -0.228. The van der Waals surface area contributed by atoms with Crippen molar-refractivity contribution in [2.75, 3.05) is 18.6 Å². The first-order valence-corrected chi connectivity index (χ1v) is 6.70. The molecule has 0 spiro atoms. The van der Waals surface area contributed by atoms with Crippen molar-refractivity contribution in [3.63, 3.8) is 0 Å². The van der Waals surface area contributed by atoms with Crippen LogP contribution < -0.4 is 10.2 Å². The highest BCUT2D eigenvalue weighted by Crippen LogP contribution is 2.23. The molecule has 0 atom stereocenters. The van der Waals surface area contributed by atoms with E-state index in [1.165, 1.54) is 18.4 Å². The molecule has 0 bridgehead atoms. The van der Waals surface area contributed by atoms with E-state index in [-0.39, 0.29) is 12.1 Å². The van der Waals surface area contributed by atoms with Gasteiger partial charge in [-0.15, -0.1) is 0 Å². The number of rotatable bonds is 6. The lowest BCUT2D eigenvalue weighted by Gasteiger charge is -2.36. The lowest BCUT2D eigenvalue weighted by molar-refractivity contribution is 0.216. The van der Waals surface area contributed by atoms with Gasteiger partial charge in [0.15, 0.2) is 0 Å². The zero-order valence-corrected chi connectivity index (χ0v) is 11.6. The molecular weight excluding hydrogens is 224 g/mol. The fourth-order valence-corrected chi connectivity index (χ4v) is 1.84. The van der Waals surface area contributed by atoms with Crippen molar-refractivity contribution in [3.05, 3.63) is 29.8 Å². The average molecular weight is 248 g/mol. The lowest BCUT2D eigenvalue weighted by Crippen LogP contribution is -2.44. The molecule has 18 heavy (non-hydrogen) atoms. The van der Waals surface area contributed by atoms with Crippen LogP contribution in [-0.4, -0.2) is 30.3 Å². The molecule has 100 valence electrons. The molecule has 2 rings (SSSR count). The van der Waals surface area contributed by atoms with Gasteiger partial charge in [-0.05, 0) is 44.4 Å². The van der Waals surface area contributed by atoms with Gasteiger partial charge in [0, 0.05) is 25.3 Å². The van der Waals surface area contributed by atoms with E-state index >= 15 is 0 Å². The average Bonchev–Trinajstić information content (AvgIpc) is 3.20. The van der Waals surface area contributed by atoms with Gasteiger partial charge in [-0.25, -0.2) is 0 Å². The van der Waals surface area contributed by atoms with Crippen LogP contribution in [0.3, 0.4) is 0 Å². The maximum atomic E-state index is 9.38. The minimum absolute atomic E-state index is 0.147. The second-order valence-electron chi connectivity index (χ2n) is 5.85. The molecule has 1 aromatic rings. The number of hydrogen-bond acceptors (Lipinski definition) is 3. The molecule has 3 heteroatoms. The highest BCUT2D eigenvalue weighted by molar-refractivity contribution is 5.49. The maximum absolute atomic E-state index is 9.38. The van der Waals surface area contributed by atoms with Crippen molar-refractivity contribution >= 4 is 5.69 Å². The molecule has 0 unspecified atom stereocenters. The highest BCUT2D eigenvalue weighted by atomic mass is 16.3. The van der Waals surface area contributed by atoms with Crippen LogP contribution in [0.5, 0.6) is 0 Å². The molecule has 0 saturated heterocycles. The normalized spacial score (nSPS) is 15.8. The molecule has 1 aliphatic rings. The van der Waals surface area contributed by atoms with E-state index in [0.29, 0.717) is 0 Å². The molecule has 0 amide bonds. The first-order valence-electron chi connectivity index (χ1n) is 6.70. The van der Waals surface area contributed by atoms with Crippen LogP contribution in [0.2, 0.25) is 0 Å². The standard InChI is InChI=1S/C15H24N2O/c1-15(2,11-18)17(3)14-8-4-12(5-9-14)10-16-13-6-7-13/h4-5,8-9,13,16,18H,6-7,10-11H2,1-3H3. The minimum Gasteiger partial charge on any atom is -0.394 e. The third-order valence-corrected chi connectivity index (χ3v) is 3.79. The van der Waals surface area contributed by atoms with Crippen LogP contribution in [0.4, 0.5) is 5.69 Å². The zero-order valence-electron chi connectivity index (χ0n) is 11.6. The molecule has 1 aliphatic carbocycles. The van der Waals surface area contributed by atoms with Crippen molar-refractivity contribution in [3.8, 4) is 0 Å². The van der Waals surface area contributed by atoms with Gasteiger partial charge in [-0.1, -0.05) is 12.1 Å². The van der Waals surface area contributed by atoms with Crippen molar-refractivity contribution in [1.29, 1.82) is 0 Å². The van der Waals surface area contributed by atoms with E-state index in [1.807, 2.05) is 20.9 Å². The summed E-state index contributed by atoms with van der Waals surface area (Å²) in [6.07, 6.45) is 2.65. The first-order chi connectivity index (χ1) is 8.53. The fraction of sp³-hybridized carbons (Fsp3) is 0.600. The Hall–Kier alpha value is -1.06. The number of aliphatic hydroxyl groups is 1. The fourth-order valence-electron chi connectivity index (χ4n) is 1.84. The Balaban J connectivity index is 1.97. The van der Waals surface area contributed by atoms with Gasteiger partial charge >= 0.3 is 0 Å². The van der Waals surface area contributed by atoms with E-state index < -0.39 is 0 Å². The summed E-state index contributed by atoms with van der Waals surface area (Å²) in [6, 6.07) is 9.33. The molecule has 2 N–H and O–H groups in total. The summed E-state index contributed by atoms with van der Waals surface area (Å²) in [7, 11) is 2.02. The Morgan fingerprint density at radius 2 is 1.89 bits per heavy atom. The summed E-state index contributed by atoms with van der Waals surface area (Å²) in [5.41, 5.74) is 2.23. The Morgan fingerprint density at radius 1 is 1.28 bits per heavy atom. The van der Waals surface area contributed by atoms with Gasteiger partial charge in [0.25, 0.3) is 0 Å². The van der Waals surface area contributed by atoms with Gasteiger partial charge in [0.1, 0.15) is 0 Å². The molecule has 1 fully saturated rings. The number of nitrogens with zero attached hydrogens (tertiary/aromatic N) is 1. The van der Waals surface area contributed by atoms with Crippen molar-refractivity contribution in [2.24, 2.45) is 0 Å². The van der Waals surface area contributed by atoms with Gasteiger partial charge in [0.05, 0.1) is 12.1 Å². The molecule has 3 nitrogen and oxygen atoms in total. The highest BCUT2D eigenvalue weighted by Gasteiger charge is 2.23. The van der Waals surface area contributed by atoms with E-state index in [4.69, 9.17) is 0 Å². The topological polar surface area (TPSA) is 35.5 Å². The first kappa shape index (κ1) is 13.4. The van der Waals surface area contributed by atoms with Crippen LogP contribution >= 0.6 is 0 Å². The number of likely N-dealkylation sites (N-methyl/N-ethyl adjacent to an activating group) is 1. The lowest BCUT2D eigenvalue weighted by atomic mass is 10.0. The van der Waals surface area contributed by atoms with Gasteiger partial charge in [-0.2, -0.15) is 0 Å². The number of anilines is 1. The molecule has 0 heterocycles. The summed E-state index contributed by atoms with van der Waals surface area (Å²) in [5, 5.41) is 12.9. The van der Waals surface area contributed by atoms with Crippen LogP contribution in [0.1, 0.15) is 32.3 Å². The van der Waals surface area contributed by atoms with Crippen LogP contribution in [0, 0.1) is 0 Å². The third kappa shape index (κ3) is 3.24. The van der Waals surface area contributed by atoms with Gasteiger partial charge in [0.2, 0.25) is 0 Å². The Morgan fingerprint density at radius 3 is 2.39 bits per heavy atom. The van der Waals surface area contributed by atoms with Crippen molar-refractivity contribution in [1.82, 2.24) is 5.32 Å². The predicted octanol–water partition coefficient (Wildman–Crippen LogP) is 2.15. The zero-order chi connectivity index (χ0) is 13.2. The molecule has 1 saturated carbocycles. The summed E-state index contributed by atoms with van der Waals surface area (Å²) in [5.74, 6) is 0. The molecule has 1 aromatic carbocycles. The van der Waals surface area contributed by atoms with Crippen molar-refractivity contribution < 1.29 is 5.11 Å². The SMILES string of the molecule is CN(c1ccc(CNC2CC2)cc1)C(C)(C)CO. The summed E-state index contributed by atoms with van der Waals surface area (Å²) < 4.78 is 0. The monoisotopic (exact) mass is 248 g/mol. The second kappa shape index (κ2) is 5.29. The predicted molar refractivity (Wildman–Crippen MR) is 75.9 cm³/mol. The summed E-state index contributed by atoms with van der Waals surface area (Å²) >= 11 is 0. The van der Waals surface area contributed by atoms with E-state index in [1.54, 1.807) is 0 Å². The van der Waals surface area contributed by atoms with Crippen molar-refractivity contribution in [2.45, 2.75) is 44.8 Å². The largest absolute Gasteiger partial charge is 0.394 e. The third-order valence-electron chi connectivity index (χ3n) is 3.79. The van der Waals surface area contributed by atoms with Crippen LogP contribution in [0.15, 0.2) is 24.3 Å². The quantitative estimate of drug-likeness (QED) is 0.809. The number of aliphatic hydroxyl groups excluding tert-OH is 1. The van der Waals surface area contributed by atoms with Gasteiger partial charge < -0.3 is 15.3 Å². The summed E-state index contributed by atoms with van der Waals surface area (Å²) in [6.45, 7) is 5.18. The Bertz CT molecular complexity index is 382. The van der Waals surface area contributed by atoms with Crippen LogP contribution in [0.25, 0.3) is 0 Å². The number of hydrogen-bond donors (Lipinski definition) is 2. The maximum Gasteiger partial charge on any atom is 0.0658 e. The van der Waals surface area contributed by atoms with E-state index in [9.17, 15) is 5.11 Å².